The quantitative estimate of drug-likeness (QED) is 0.605. The molecule has 9 heteroatoms. The zero-order chi connectivity index (χ0) is 22.2. The van der Waals surface area contributed by atoms with Crippen molar-refractivity contribution < 1.29 is 22.7 Å². The van der Waals surface area contributed by atoms with Gasteiger partial charge in [-0.25, -0.2) is 8.42 Å². The molecule has 0 aliphatic carbocycles. The van der Waals surface area contributed by atoms with Crippen molar-refractivity contribution in [2.24, 2.45) is 7.05 Å². The average molecular weight is 444 g/mol. The van der Waals surface area contributed by atoms with E-state index in [9.17, 15) is 13.2 Å². The van der Waals surface area contributed by atoms with Crippen LogP contribution in [-0.4, -0.2) is 68.5 Å². The van der Waals surface area contributed by atoms with Gasteiger partial charge in [-0.2, -0.15) is 4.31 Å². The van der Waals surface area contributed by atoms with Gasteiger partial charge in [0, 0.05) is 50.2 Å². The highest BCUT2D eigenvalue weighted by Crippen LogP contribution is 2.31. The third kappa shape index (κ3) is 3.75. The Balaban J connectivity index is 1.50. The van der Waals surface area contributed by atoms with Crippen molar-refractivity contribution in [3.8, 4) is 11.5 Å². The third-order valence-corrected chi connectivity index (χ3v) is 7.58. The summed E-state index contributed by atoms with van der Waals surface area (Å²) in [5.41, 5.74) is 1.58. The Kier molecular flexibility index (Phi) is 5.63. The van der Waals surface area contributed by atoms with E-state index in [4.69, 9.17) is 9.47 Å². The van der Waals surface area contributed by atoms with Gasteiger partial charge in [0.2, 0.25) is 10.0 Å². The maximum absolute atomic E-state index is 13.1. The number of methoxy groups -OCH3 is 2. The van der Waals surface area contributed by atoms with E-state index in [2.05, 4.69) is 0 Å². The molecule has 0 bridgehead atoms. The van der Waals surface area contributed by atoms with Gasteiger partial charge in [-0.05, 0) is 24.3 Å². The minimum atomic E-state index is -3.71. The van der Waals surface area contributed by atoms with Gasteiger partial charge in [-0.1, -0.05) is 18.2 Å². The molecule has 2 aromatic carbocycles. The number of para-hydroxylation sites is 1. The highest BCUT2D eigenvalue weighted by atomic mass is 32.2. The first kappa shape index (κ1) is 21.2. The molecular weight excluding hydrogens is 418 g/mol. The summed E-state index contributed by atoms with van der Waals surface area (Å²) in [4.78, 5) is 14.9. The number of rotatable bonds is 5. The molecule has 0 atom stereocenters. The third-order valence-electron chi connectivity index (χ3n) is 5.69. The van der Waals surface area contributed by atoms with Gasteiger partial charge in [-0.15, -0.1) is 0 Å². The highest BCUT2D eigenvalue weighted by Gasteiger charge is 2.31. The Labute approximate surface area is 181 Å². The standard InChI is InChI=1S/C22H25N3O5S/c1-23-18-7-5-4-6-16(18)14-19(23)22(26)24-10-12-25(13-11-24)31(27,28)17-8-9-20(29-2)21(15-17)30-3/h4-9,14-15H,10-13H2,1-3H3. The van der Waals surface area contributed by atoms with Gasteiger partial charge >= 0.3 is 0 Å². The van der Waals surface area contributed by atoms with E-state index in [1.54, 1.807) is 11.0 Å². The molecule has 1 aliphatic rings. The van der Waals surface area contributed by atoms with E-state index in [-0.39, 0.29) is 23.9 Å². The molecule has 0 spiro atoms. The van der Waals surface area contributed by atoms with Crippen molar-refractivity contribution in [2.45, 2.75) is 4.90 Å². The maximum atomic E-state index is 13.1. The number of aryl methyl sites for hydroxylation is 1. The normalized spacial score (nSPS) is 15.3. The predicted octanol–water partition coefficient (Wildman–Crippen LogP) is 2.34. The Morgan fingerprint density at radius 3 is 2.23 bits per heavy atom. The Morgan fingerprint density at radius 2 is 1.58 bits per heavy atom. The number of piperazine rings is 1. The molecule has 8 nitrogen and oxygen atoms in total. The maximum Gasteiger partial charge on any atom is 0.270 e. The summed E-state index contributed by atoms with van der Waals surface area (Å²) in [7, 11) is 1.12. The summed E-state index contributed by atoms with van der Waals surface area (Å²) in [5.74, 6) is 0.724. The molecule has 2 heterocycles. The van der Waals surface area contributed by atoms with E-state index in [0.29, 0.717) is 30.3 Å². The number of hydrogen-bond acceptors (Lipinski definition) is 5. The summed E-state index contributed by atoms with van der Waals surface area (Å²) in [6, 6.07) is 14.2. The van der Waals surface area contributed by atoms with Gasteiger partial charge in [0.1, 0.15) is 5.69 Å². The first-order chi connectivity index (χ1) is 14.9. The second kappa shape index (κ2) is 8.24. The minimum absolute atomic E-state index is 0.0955. The second-order valence-electron chi connectivity index (χ2n) is 7.36. The smallest absolute Gasteiger partial charge is 0.270 e. The molecule has 0 saturated carbocycles. The van der Waals surface area contributed by atoms with Crippen LogP contribution in [0.25, 0.3) is 10.9 Å². The first-order valence-corrected chi connectivity index (χ1v) is 11.4. The van der Waals surface area contributed by atoms with Crippen LogP contribution in [0.5, 0.6) is 11.5 Å². The molecule has 31 heavy (non-hydrogen) atoms. The number of sulfonamides is 1. The second-order valence-corrected chi connectivity index (χ2v) is 9.30. The molecule has 1 aliphatic heterocycles. The lowest BCUT2D eigenvalue weighted by molar-refractivity contribution is 0.0688. The van der Waals surface area contributed by atoms with E-state index >= 15 is 0 Å². The number of ether oxygens (including phenoxy) is 2. The molecule has 1 fully saturated rings. The largest absolute Gasteiger partial charge is 0.493 e. The molecule has 4 rings (SSSR count). The molecule has 0 unspecified atom stereocenters. The van der Waals surface area contributed by atoms with E-state index in [1.165, 1.54) is 30.7 Å². The molecular formula is C22H25N3O5S. The lowest BCUT2D eigenvalue weighted by Crippen LogP contribution is -2.50. The van der Waals surface area contributed by atoms with Gasteiger partial charge in [-0.3, -0.25) is 4.79 Å². The summed E-state index contributed by atoms with van der Waals surface area (Å²) >= 11 is 0. The van der Waals surface area contributed by atoms with Gasteiger partial charge < -0.3 is 18.9 Å². The van der Waals surface area contributed by atoms with Crippen LogP contribution in [0.15, 0.2) is 53.4 Å². The van der Waals surface area contributed by atoms with Crippen molar-refractivity contribution in [3.05, 3.63) is 54.2 Å². The van der Waals surface area contributed by atoms with Crippen LogP contribution >= 0.6 is 0 Å². The monoisotopic (exact) mass is 443 g/mol. The fraction of sp³-hybridized carbons (Fsp3) is 0.318. The summed E-state index contributed by atoms with van der Waals surface area (Å²) < 4.78 is 39.9. The van der Waals surface area contributed by atoms with Crippen LogP contribution in [0, 0.1) is 0 Å². The van der Waals surface area contributed by atoms with Gasteiger partial charge in [0.25, 0.3) is 5.91 Å². The zero-order valence-corrected chi connectivity index (χ0v) is 18.6. The number of carbonyl (C=O) groups excluding carboxylic acids is 1. The minimum Gasteiger partial charge on any atom is -0.493 e. The molecule has 1 amide bonds. The Bertz CT molecular complexity index is 1230. The number of benzene rings is 2. The lowest BCUT2D eigenvalue weighted by atomic mass is 10.2. The SMILES string of the molecule is COc1ccc(S(=O)(=O)N2CCN(C(=O)c3cc4ccccc4n3C)CC2)cc1OC. The Morgan fingerprint density at radius 1 is 0.903 bits per heavy atom. The van der Waals surface area contributed by atoms with Crippen LogP contribution in [0.3, 0.4) is 0 Å². The number of aromatic nitrogens is 1. The zero-order valence-electron chi connectivity index (χ0n) is 17.7. The fourth-order valence-corrected chi connectivity index (χ4v) is 5.35. The first-order valence-electron chi connectivity index (χ1n) is 9.92. The van der Waals surface area contributed by atoms with Crippen molar-refractivity contribution in [1.29, 1.82) is 0 Å². The van der Waals surface area contributed by atoms with Crippen LogP contribution in [-0.2, 0) is 17.1 Å². The molecule has 1 saturated heterocycles. The predicted molar refractivity (Wildman–Crippen MR) is 117 cm³/mol. The fourth-order valence-electron chi connectivity index (χ4n) is 3.91. The topological polar surface area (TPSA) is 81.1 Å². The van der Waals surface area contributed by atoms with Crippen molar-refractivity contribution >= 4 is 26.8 Å². The van der Waals surface area contributed by atoms with Crippen molar-refractivity contribution in [3.63, 3.8) is 0 Å². The van der Waals surface area contributed by atoms with Crippen LogP contribution < -0.4 is 9.47 Å². The van der Waals surface area contributed by atoms with E-state index in [0.717, 1.165) is 10.9 Å². The number of fused-ring (bicyclic) bond motifs is 1. The Hall–Kier alpha value is -3.04. The number of nitrogens with zero attached hydrogens (tertiary/aromatic N) is 3. The van der Waals surface area contributed by atoms with E-state index in [1.807, 2.05) is 41.9 Å². The molecule has 3 aromatic rings. The number of amides is 1. The van der Waals surface area contributed by atoms with Gasteiger partial charge in [0.15, 0.2) is 11.5 Å². The summed E-state index contributed by atoms with van der Waals surface area (Å²) in [6.07, 6.45) is 0. The number of carbonyl (C=O) groups is 1. The van der Waals surface area contributed by atoms with Crippen LogP contribution in [0.2, 0.25) is 0 Å². The number of hydrogen-bond donors (Lipinski definition) is 0. The van der Waals surface area contributed by atoms with E-state index < -0.39 is 10.0 Å². The average Bonchev–Trinajstić information content (AvgIpc) is 3.14. The molecule has 1 aromatic heterocycles. The molecule has 164 valence electrons. The summed E-state index contributed by atoms with van der Waals surface area (Å²) in [5, 5.41) is 1.00. The van der Waals surface area contributed by atoms with Gasteiger partial charge in [0.05, 0.1) is 19.1 Å². The molecule has 0 radical (unpaired) electrons. The highest BCUT2D eigenvalue weighted by molar-refractivity contribution is 7.89. The lowest BCUT2D eigenvalue weighted by Gasteiger charge is -2.34. The van der Waals surface area contributed by atoms with Crippen molar-refractivity contribution in [1.82, 2.24) is 13.8 Å². The van der Waals surface area contributed by atoms with Crippen LogP contribution in [0.4, 0.5) is 0 Å². The summed E-state index contributed by atoms with van der Waals surface area (Å²) in [6.45, 7) is 1.11. The molecule has 0 N–H and O–H groups in total. The van der Waals surface area contributed by atoms with Crippen molar-refractivity contribution in [2.75, 3.05) is 40.4 Å². The van der Waals surface area contributed by atoms with Crippen LogP contribution in [0.1, 0.15) is 10.5 Å².